The van der Waals surface area contributed by atoms with E-state index in [-0.39, 0.29) is 0 Å². The van der Waals surface area contributed by atoms with Crippen LogP contribution in [-0.2, 0) is 0 Å². The second kappa shape index (κ2) is 12.6. The molecule has 266 valence electrons. The van der Waals surface area contributed by atoms with E-state index in [9.17, 15) is 0 Å². The van der Waals surface area contributed by atoms with E-state index < -0.39 is 0 Å². The van der Waals surface area contributed by atoms with Crippen LogP contribution in [0.5, 0.6) is 0 Å². The van der Waals surface area contributed by atoms with Gasteiger partial charge in [-0.2, -0.15) is 0 Å². The molecule has 57 heavy (non-hydrogen) atoms. The van der Waals surface area contributed by atoms with Crippen LogP contribution in [0.3, 0.4) is 0 Å². The topological polar surface area (TPSA) is 65.0 Å². The van der Waals surface area contributed by atoms with Crippen molar-refractivity contribution in [3.8, 4) is 56.4 Å². The predicted octanol–water partition coefficient (Wildman–Crippen LogP) is 14.4. The van der Waals surface area contributed by atoms with Crippen molar-refractivity contribution in [3.63, 3.8) is 0 Å². The molecule has 0 bridgehead atoms. The van der Waals surface area contributed by atoms with E-state index >= 15 is 0 Å². The molecular formula is C51H29N3O2S. The first-order valence-electron chi connectivity index (χ1n) is 18.9. The summed E-state index contributed by atoms with van der Waals surface area (Å²) in [6, 6.07) is 60.9. The number of aromatic nitrogens is 3. The first kappa shape index (κ1) is 31.9. The molecule has 12 aromatic rings. The number of nitrogens with zero attached hydrogens (tertiary/aromatic N) is 3. The maximum absolute atomic E-state index is 6.84. The summed E-state index contributed by atoms with van der Waals surface area (Å²) >= 11 is 1.84. The van der Waals surface area contributed by atoms with Gasteiger partial charge in [0, 0.05) is 69.5 Å². The maximum Gasteiger partial charge on any atom is 0.164 e. The highest BCUT2D eigenvalue weighted by atomic mass is 32.1. The Balaban J connectivity index is 1.03. The number of hydrogen-bond donors (Lipinski definition) is 0. The lowest BCUT2D eigenvalue weighted by Crippen LogP contribution is -2.00. The minimum atomic E-state index is 0.582. The van der Waals surface area contributed by atoms with Gasteiger partial charge in [-0.3, -0.25) is 0 Å². The maximum atomic E-state index is 6.84. The fourth-order valence-corrected chi connectivity index (χ4v) is 9.35. The van der Waals surface area contributed by atoms with Crippen LogP contribution in [0.2, 0.25) is 0 Å². The zero-order valence-electron chi connectivity index (χ0n) is 30.3. The molecule has 0 aliphatic rings. The molecule has 0 atom stereocenters. The molecule has 5 nitrogen and oxygen atoms in total. The minimum absolute atomic E-state index is 0.582. The lowest BCUT2D eigenvalue weighted by atomic mass is 9.93. The first-order valence-corrected chi connectivity index (χ1v) is 19.7. The molecule has 0 radical (unpaired) electrons. The van der Waals surface area contributed by atoms with Gasteiger partial charge in [0.25, 0.3) is 0 Å². The van der Waals surface area contributed by atoms with Crippen molar-refractivity contribution in [2.24, 2.45) is 0 Å². The van der Waals surface area contributed by atoms with Crippen molar-refractivity contribution in [1.29, 1.82) is 0 Å². The van der Waals surface area contributed by atoms with E-state index in [4.69, 9.17) is 23.8 Å². The highest BCUT2D eigenvalue weighted by Crippen LogP contribution is 2.46. The molecule has 4 heterocycles. The Hall–Kier alpha value is -7.41. The molecular weight excluding hydrogens is 719 g/mol. The molecule has 0 unspecified atom stereocenters. The second-order valence-electron chi connectivity index (χ2n) is 14.3. The van der Waals surface area contributed by atoms with Crippen molar-refractivity contribution >= 4 is 75.4 Å². The SMILES string of the molecule is c1ccc(-c2nc(-c3ccccc3)nc(-c3ccc4c(c3)oc3c(-c5ccc(-c6ccc7sc8ccccc8c7c6)c6c5oc5ccccc56)cccc34)n2)cc1. The summed E-state index contributed by atoms with van der Waals surface area (Å²) in [5, 5.41) is 6.79. The molecule has 0 aliphatic heterocycles. The van der Waals surface area contributed by atoms with Crippen LogP contribution in [0.1, 0.15) is 0 Å². The highest BCUT2D eigenvalue weighted by Gasteiger charge is 2.22. The molecule has 0 saturated heterocycles. The first-order chi connectivity index (χ1) is 28.2. The molecule has 0 N–H and O–H groups in total. The normalized spacial score (nSPS) is 11.9. The second-order valence-corrected chi connectivity index (χ2v) is 15.4. The average molecular weight is 748 g/mol. The average Bonchev–Trinajstić information content (AvgIpc) is 3.98. The van der Waals surface area contributed by atoms with Crippen molar-refractivity contribution < 1.29 is 8.83 Å². The molecule has 0 saturated carbocycles. The third-order valence-corrected chi connectivity index (χ3v) is 12.1. The van der Waals surface area contributed by atoms with Crippen LogP contribution in [0.15, 0.2) is 185 Å². The fraction of sp³-hybridized carbons (Fsp3) is 0. The van der Waals surface area contributed by atoms with Gasteiger partial charge in [-0.1, -0.05) is 133 Å². The van der Waals surface area contributed by atoms with Crippen molar-refractivity contribution in [3.05, 3.63) is 176 Å². The van der Waals surface area contributed by atoms with Gasteiger partial charge in [-0.15, -0.1) is 11.3 Å². The van der Waals surface area contributed by atoms with E-state index in [2.05, 4.69) is 103 Å². The van der Waals surface area contributed by atoms with Gasteiger partial charge in [0.1, 0.15) is 22.3 Å². The number of benzene rings is 8. The lowest BCUT2D eigenvalue weighted by molar-refractivity contribution is 0.665. The zero-order chi connectivity index (χ0) is 37.5. The van der Waals surface area contributed by atoms with Gasteiger partial charge in [0.2, 0.25) is 0 Å². The molecule has 0 fully saturated rings. The number of para-hydroxylation sites is 2. The molecule has 0 amide bonds. The van der Waals surface area contributed by atoms with Crippen molar-refractivity contribution in [2.75, 3.05) is 0 Å². The molecule has 8 aromatic carbocycles. The Kier molecular flexibility index (Phi) is 7.03. The number of hydrogen-bond acceptors (Lipinski definition) is 6. The molecule has 0 aliphatic carbocycles. The standard InChI is InChI=1S/C51H29N3O2S/c1-3-12-30(13-4-1)49-52-50(31-14-5-2-6-15-31)54-51(53-49)33-22-24-35-37-18-11-19-38(47(37)56-43(35)29-33)39-26-25-34(46-40-17-7-9-20-42(40)55-48(39)46)32-23-27-45-41(28-32)36-16-8-10-21-44(36)57-45/h1-29H. The van der Waals surface area contributed by atoms with E-state index in [1.807, 2.05) is 84.1 Å². The highest BCUT2D eigenvalue weighted by molar-refractivity contribution is 7.25. The number of thiophene rings is 1. The van der Waals surface area contributed by atoms with E-state index in [1.165, 1.54) is 20.2 Å². The monoisotopic (exact) mass is 747 g/mol. The Morgan fingerprint density at radius 1 is 0.333 bits per heavy atom. The van der Waals surface area contributed by atoms with E-state index in [1.54, 1.807) is 0 Å². The van der Waals surface area contributed by atoms with Gasteiger partial charge in [-0.05, 0) is 53.6 Å². The summed E-state index contributed by atoms with van der Waals surface area (Å²) in [5.74, 6) is 1.82. The zero-order valence-corrected chi connectivity index (χ0v) is 31.1. The Morgan fingerprint density at radius 3 is 1.72 bits per heavy atom. The largest absolute Gasteiger partial charge is 0.455 e. The van der Waals surface area contributed by atoms with Crippen LogP contribution in [0.4, 0.5) is 0 Å². The third kappa shape index (κ3) is 5.12. The molecule has 6 heteroatoms. The van der Waals surface area contributed by atoms with Crippen LogP contribution >= 0.6 is 11.3 Å². The summed E-state index contributed by atoms with van der Waals surface area (Å²) in [7, 11) is 0. The van der Waals surface area contributed by atoms with Gasteiger partial charge in [0.05, 0.1) is 0 Å². The number of furan rings is 2. The lowest BCUT2D eigenvalue weighted by Gasteiger charge is -2.09. The third-order valence-electron chi connectivity index (χ3n) is 11.0. The summed E-state index contributed by atoms with van der Waals surface area (Å²) in [5.41, 5.74) is 10.2. The number of fused-ring (bicyclic) bond motifs is 9. The summed E-state index contributed by atoms with van der Waals surface area (Å²) in [6.45, 7) is 0. The fourth-order valence-electron chi connectivity index (χ4n) is 8.26. The quantitative estimate of drug-likeness (QED) is 0.175. The van der Waals surface area contributed by atoms with Crippen LogP contribution < -0.4 is 0 Å². The van der Waals surface area contributed by atoms with Gasteiger partial charge < -0.3 is 8.83 Å². The summed E-state index contributed by atoms with van der Waals surface area (Å²) in [6.07, 6.45) is 0. The van der Waals surface area contributed by atoms with Crippen molar-refractivity contribution in [1.82, 2.24) is 15.0 Å². The van der Waals surface area contributed by atoms with Gasteiger partial charge >= 0.3 is 0 Å². The van der Waals surface area contributed by atoms with Gasteiger partial charge in [0.15, 0.2) is 17.5 Å². The minimum Gasteiger partial charge on any atom is -0.455 e. The summed E-state index contributed by atoms with van der Waals surface area (Å²) < 4.78 is 16.2. The summed E-state index contributed by atoms with van der Waals surface area (Å²) in [4.78, 5) is 14.8. The number of rotatable bonds is 5. The van der Waals surface area contributed by atoms with Crippen LogP contribution in [-0.4, -0.2) is 15.0 Å². The Labute approximate surface area is 330 Å². The Morgan fingerprint density at radius 2 is 0.930 bits per heavy atom. The Bertz CT molecular complexity index is 3470. The molecule has 4 aromatic heterocycles. The van der Waals surface area contributed by atoms with Crippen molar-refractivity contribution in [2.45, 2.75) is 0 Å². The van der Waals surface area contributed by atoms with E-state index in [0.717, 1.165) is 82.8 Å². The molecule has 12 rings (SSSR count). The van der Waals surface area contributed by atoms with E-state index in [0.29, 0.717) is 17.5 Å². The predicted molar refractivity (Wildman–Crippen MR) is 234 cm³/mol. The van der Waals surface area contributed by atoms with Crippen LogP contribution in [0, 0.1) is 0 Å². The van der Waals surface area contributed by atoms with Crippen LogP contribution in [0.25, 0.3) is 120 Å². The van der Waals surface area contributed by atoms with Gasteiger partial charge in [-0.25, -0.2) is 15.0 Å². The molecule has 0 spiro atoms. The smallest absolute Gasteiger partial charge is 0.164 e.